The van der Waals surface area contributed by atoms with Crippen molar-refractivity contribution in [1.29, 1.82) is 0 Å². The zero-order valence-electron chi connectivity index (χ0n) is 15.6. The average molecular weight is 412 g/mol. The summed E-state index contributed by atoms with van der Waals surface area (Å²) in [6.07, 6.45) is -4.71. The number of aromatic nitrogens is 2. The maximum absolute atomic E-state index is 13.2. The molecule has 1 amide bonds. The van der Waals surface area contributed by atoms with Crippen LogP contribution in [0.15, 0.2) is 30.3 Å². The molecule has 1 aliphatic heterocycles. The summed E-state index contributed by atoms with van der Waals surface area (Å²) in [4.78, 5) is 24.1. The lowest BCUT2D eigenvalue weighted by Crippen LogP contribution is -2.37. The molecule has 156 valence electrons. The van der Waals surface area contributed by atoms with Gasteiger partial charge in [-0.05, 0) is 37.6 Å². The van der Waals surface area contributed by atoms with E-state index in [9.17, 15) is 22.8 Å². The molecule has 2 atom stereocenters. The Kier molecular flexibility index (Phi) is 5.66. The van der Waals surface area contributed by atoms with Crippen molar-refractivity contribution in [2.45, 2.75) is 31.6 Å². The summed E-state index contributed by atoms with van der Waals surface area (Å²) in [5.74, 6) is -0.918. The topological polar surface area (TPSA) is 94.5 Å². The number of methoxy groups -OCH3 is 1. The van der Waals surface area contributed by atoms with Crippen LogP contribution in [-0.2, 0) is 9.53 Å². The second-order valence-corrected chi connectivity index (χ2v) is 6.55. The fourth-order valence-electron chi connectivity index (χ4n) is 2.93. The quantitative estimate of drug-likeness (QED) is 0.734. The third-order valence-electron chi connectivity index (χ3n) is 4.30. The number of hydrogen-bond donors (Lipinski definition) is 2. The predicted octanol–water partition coefficient (Wildman–Crippen LogP) is 2.99. The number of nitrogens with zero attached hydrogens (tertiary/aromatic N) is 2. The number of nitrogens with one attached hydrogen (secondary N) is 2. The van der Waals surface area contributed by atoms with Gasteiger partial charge in [0.25, 0.3) is 5.91 Å². The molecule has 2 heterocycles. The van der Waals surface area contributed by atoms with Crippen molar-refractivity contribution in [2.24, 2.45) is 0 Å². The van der Waals surface area contributed by atoms with Gasteiger partial charge in [-0.1, -0.05) is 0 Å². The Bertz CT molecular complexity index is 896. The molecule has 1 aromatic carbocycles. The van der Waals surface area contributed by atoms with Crippen molar-refractivity contribution in [3.8, 4) is 5.75 Å². The largest absolute Gasteiger partial charge is 0.497 e. The molecule has 2 aromatic rings. The van der Waals surface area contributed by atoms with Gasteiger partial charge in [0.05, 0.1) is 7.11 Å². The number of esters is 1. The summed E-state index contributed by atoms with van der Waals surface area (Å²) < 4.78 is 50.3. The highest BCUT2D eigenvalue weighted by Gasteiger charge is 2.45. The molecule has 11 heteroatoms. The molecule has 0 aliphatic carbocycles. The van der Waals surface area contributed by atoms with Crippen molar-refractivity contribution in [2.75, 3.05) is 24.4 Å². The van der Waals surface area contributed by atoms with Crippen LogP contribution in [0, 0.1) is 0 Å². The van der Waals surface area contributed by atoms with Crippen molar-refractivity contribution in [1.82, 2.24) is 9.78 Å². The molecular formula is C18H19F3N4O4. The molecular weight excluding hydrogens is 393 g/mol. The number of rotatable bonds is 5. The lowest BCUT2D eigenvalue weighted by Gasteiger charge is -2.31. The van der Waals surface area contributed by atoms with Crippen LogP contribution in [0.4, 0.5) is 24.7 Å². The Labute approximate surface area is 164 Å². The minimum absolute atomic E-state index is 0.0701. The van der Waals surface area contributed by atoms with E-state index in [1.807, 2.05) is 0 Å². The highest BCUT2D eigenvalue weighted by molar-refractivity contribution is 5.95. The van der Waals surface area contributed by atoms with Crippen LogP contribution in [0.25, 0.3) is 0 Å². The average Bonchev–Trinajstić information content (AvgIpc) is 3.09. The normalized spacial score (nSPS) is 18.4. The highest BCUT2D eigenvalue weighted by Crippen LogP contribution is 2.39. The minimum atomic E-state index is -4.50. The van der Waals surface area contributed by atoms with Crippen molar-refractivity contribution < 1.29 is 32.2 Å². The minimum Gasteiger partial charge on any atom is -0.497 e. The second-order valence-electron chi connectivity index (χ2n) is 6.55. The molecule has 3 rings (SSSR count). The molecule has 0 unspecified atom stereocenters. The SMILES string of the molecule is COc1ccc(NC(=O)COC(=O)c2cc3n(n2)[C@@H](C(F)(F)F)C[C@H](C)N3)cc1. The van der Waals surface area contributed by atoms with Crippen LogP contribution in [-0.4, -0.2) is 47.6 Å². The van der Waals surface area contributed by atoms with Crippen LogP contribution in [0.3, 0.4) is 0 Å². The van der Waals surface area contributed by atoms with Gasteiger partial charge < -0.3 is 20.1 Å². The second kappa shape index (κ2) is 8.02. The summed E-state index contributed by atoms with van der Waals surface area (Å²) in [6.45, 7) is 0.996. The zero-order valence-corrected chi connectivity index (χ0v) is 15.6. The van der Waals surface area contributed by atoms with E-state index < -0.39 is 36.7 Å². The molecule has 29 heavy (non-hydrogen) atoms. The lowest BCUT2D eigenvalue weighted by atomic mass is 10.1. The van der Waals surface area contributed by atoms with Crippen molar-refractivity contribution in [3.05, 3.63) is 36.0 Å². The Balaban J connectivity index is 1.62. The molecule has 0 fully saturated rings. The summed E-state index contributed by atoms with van der Waals surface area (Å²) in [6, 6.07) is 5.39. The van der Waals surface area contributed by atoms with E-state index >= 15 is 0 Å². The third-order valence-corrected chi connectivity index (χ3v) is 4.30. The maximum atomic E-state index is 13.2. The third kappa shape index (κ3) is 4.79. The lowest BCUT2D eigenvalue weighted by molar-refractivity contribution is -0.173. The van der Waals surface area contributed by atoms with Gasteiger partial charge >= 0.3 is 12.1 Å². The van der Waals surface area contributed by atoms with E-state index in [4.69, 9.17) is 9.47 Å². The van der Waals surface area contributed by atoms with Gasteiger partial charge in [0.15, 0.2) is 18.3 Å². The summed E-state index contributed by atoms with van der Waals surface area (Å²) in [7, 11) is 1.51. The van der Waals surface area contributed by atoms with E-state index in [1.54, 1.807) is 31.2 Å². The summed E-state index contributed by atoms with van der Waals surface area (Å²) in [5, 5.41) is 9.10. The van der Waals surface area contributed by atoms with E-state index in [0.29, 0.717) is 11.4 Å². The van der Waals surface area contributed by atoms with E-state index in [-0.39, 0.29) is 17.9 Å². The fraction of sp³-hybridized carbons (Fsp3) is 0.389. The molecule has 0 radical (unpaired) electrons. The van der Waals surface area contributed by atoms with E-state index in [1.165, 1.54) is 13.2 Å². The van der Waals surface area contributed by atoms with Crippen LogP contribution in [0.5, 0.6) is 5.75 Å². The van der Waals surface area contributed by atoms with E-state index in [2.05, 4.69) is 15.7 Å². The van der Waals surface area contributed by atoms with Gasteiger partial charge in [-0.3, -0.25) is 4.79 Å². The van der Waals surface area contributed by atoms with E-state index in [0.717, 1.165) is 4.68 Å². The van der Waals surface area contributed by atoms with Crippen molar-refractivity contribution in [3.63, 3.8) is 0 Å². The Morgan fingerprint density at radius 1 is 1.31 bits per heavy atom. The smallest absolute Gasteiger partial charge is 0.410 e. The van der Waals surface area contributed by atoms with Crippen LogP contribution >= 0.6 is 0 Å². The number of halogens is 3. The van der Waals surface area contributed by atoms with Gasteiger partial charge in [0.1, 0.15) is 11.6 Å². The van der Waals surface area contributed by atoms with Crippen LogP contribution in [0.1, 0.15) is 29.9 Å². The predicted molar refractivity (Wildman–Crippen MR) is 96.9 cm³/mol. The van der Waals surface area contributed by atoms with Gasteiger partial charge in [0.2, 0.25) is 0 Å². The maximum Gasteiger partial charge on any atom is 0.410 e. The molecule has 1 aliphatic rings. The first-order valence-corrected chi connectivity index (χ1v) is 8.71. The first-order valence-electron chi connectivity index (χ1n) is 8.71. The first-order chi connectivity index (χ1) is 13.7. The number of carbonyl (C=O) groups is 2. The van der Waals surface area contributed by atoms with Gasteiger partial charge in [-0.15, -0.1) is 0 Å². The van der Waals surface area contributed by atoms with Gasteiger partial charge in [-0.25, -0.2) is 9.48 Å². The van der Waals surface area contributed by atoms with Crippen molar-refractivity contribution >= 4 is 23.4 Å². The molecule has 2 N–H and O–H groups in total. The monoisotopic (exact) mass is 412 g/mol. The summed E-state index contributed by atoms with van der Waals surface area (Å²) in [5.41, 5.74) is 0.156. The number of anilines is 2. The summed E-state index contributed by atoms with van der Waals surface area (Å²) >= 11 is 0. The van der Waals surface area contributed by atoms with Gasteiger partial charge in [-0.2, -0.15) is 18.3 Å². The number of fused-ring (bicyclic) bond motifs is 1. The molecule has 1 aromatic heterocycles. The number of hydrogen-bond acceptors (Lipinski definition) is 6. The fourth-order valence-corrected chi connectivity index (χ4v) is 2.93. The molecule has 0 saturated carbocycles. The molecule has 0 bridgehead atoms. The number of benzene rings is 1. The number of alkyl halides is 3. The van der Waals surface area contributed by atoms with Crippen LogP contribution < -0.4 is 15.4 Å². The molecule has 8 nitrogen and oxygen atoms in total. The molecule has 0 saturated heterocycles. The van der Waals surface area contributed by atoms with Gasteiger partial charge in [0, 0.05) is 17.8 Å². The zero-order chi connectivity index (χ0) is 21.2. The van der Waals surface area contributed by atoms with Crippen LogP contribution in [0.2, 0.25) is 0 Å². The number of carbonyl (C=O) groups excluding carboxylic acids is 2. The first kappa shape index (κ1) is 20.5. The Morgan fingerprint density at radius 3 is 2.62 bits per heavy atom. The molecule has 0 spiro atoms. The standard InChI is InChI=1S/C18H19F3N4O4/c1-10-7-14(18(19,20)21)25-15(22-10)8-13(24-25)17(27)29-9-16(26)23-11-3-5-12(28-2)6-4-11/h3-6,8,10,14,22H,7,9H2,1-2H3,(H,23,26)/t10-,14+/m0/s1. The highest BCUT2D eigenvalue weighted by atomic mass is 19.4. The number of ether oxygens (including phenoxy) is 2. The Hall–Kier alpha value is -3.24. The number of amides is 1. The Morgan fingerprint density at radius 2 is 2.00 bits per heavy atom.